The average Bonchev–Trinajstić information content (AvgIpc) is 3.16. The first-order valence-electron chi connectivity index (χ1n) is 8.86. The van der Waals surface area contributed by atoms with E-state index in [1.165, 1.54) is 24.6 Å². The number of likely N-dealkylation sites (tertiary alicyclic amines) is 1. The quantitative estimate of drug-likeness (QED) is 0.568. The predicted octanol–water partition coefficient (Wildman–Crippen LogP) is 3.23. The van der Waals surface area contributed by atoms with Gasteiger partial charge in [-0.1, -0.05) is 12.5 Å². The summed E-state index contributed by atoms with van der Waals surface area (Å²) in [5.41, 5.74) is -0.228. The number of sulfone groups is 1. The van der Waals surface area contributed by atoms with Gasteiger partial charge in [-0.3, -0.25) is 15.0 Å². The molecule has 1 aromatic carbocycles. The Labute approximate surface area is 158 Å². The van der Waals surface area contributed by atoms with Crippen molar-refractivity contribution in [2.24, 2.45) is 0 Å². The summed E-state index contributed by atoms with van der Waals surface area (Å²) in [5.74, 6) is 0.784. The molecule has 1 aliphatic heterocycles. The van der Waals surface area contributed by atoms with Crippen molar-refractivity contribution in [3.8, 4) is 0 Å². The molecule has 1 N–H and O–H groups in total. The van der Waals surface area contributed by atoms with E-state index in [0.717, 1.165) is 37.9 Å². The topological polar surface area (TPSA) is 106 Å². The van der Waals surface area contributed by atoms with Crippen LogP contribution in [0.3, 0.4) is 0 Å². The first-order chi connectivity index (χ1) is 12.9. The number of nitrogens with one attached hydrogen (secondary N) is 1. The third-order valence-corrected chi connectivity index (χ3v) is 5.90. The van der Waals surface area contributed by atoms with E-state index in [9.17, 15) is 18.5 Å². The number of para-hydroxylation sites is 1. The largest absolute Gasteiger partial charge is 0.468 e. The number of hydrogen-bond acceptors (Lipinski definition) is 7. The lowest BCUT2D eigenvalue weighted by atomic mass is 10.1. The van der Waals surface area contributed by atoms with Crippen molar-refractivity contribution in [1.29, 1.82) is 0 Å². The van der Waals surface area contributed by atoms with Crippen LogP contribution < -0.4 is 5.32 Å². The summed E-state index contributed by atoms with van der Waals surface area (Å²) < 4.78 is 29.4. The third-order valence-electron chi connectivity index (χ3n) is 4.77. The minimum Gasteiger partial charge on any atom is -0.468 e. The van der Waals surface area contributed by atoms with Gasteiger partial charge in [0.25, 0.3) is 0 Å². The lowest BCUT2D eigenvalue weighted by Gasteiger charge is -2.33. The van der Waals surface area contributed by atoms with Crippen molar-refractivity contribution in [2.75, 3.05) is 31.2 Å². The van der Waals surface area contributed by atoms with Crippen molar-refractivity contribution in [2.45, 2.75) is 30.2 Å². The Morgan fingerprint density at radius 1 is 1.22 bits per heavy atom. The van der Waals surface area contributed by atoms with E-state index < -0.39 is 20.4 Å². The monoisotopic (exact) mass is 393 g/mol. The van der Waals surface area contributed by atoms with Crippen molar-refractivity contribution in [3.63, 3.8) is 0 Å². The second-order valence-electron chi connectivity index (χ2n) is 6.69. The Morgan fingerprint density at radius 2 is 1.96 bits per heavy atom. The van der Waals surface area contributed by atoms with Gasteiger partial charge in [-0.25, -0.2) is 8.42 Å². The highest BCUT2D eigenvalue weighted by atomic mass is 32.2. The van der Waals surface area contributed by atoms with Gasteiger partial charge in [0, 0.05) is 12.8 Å². The molecular weight excluding hydrogens is 370 g/mol. The second-order valence-corrected chi connectivity index (χ2v) is 8.67. The van der Waals surface area contributed by atoms with Gasteiger partial charge in [0.2, 0.25) is 0 Å². The standard InChI is InChI=1S/C18H23N3O5S/c1-27(24,25)17-9-5-7-14(18(17)21(22)23)19-13-15(16-8-6-12-26-16)20-10-3-2-4-11-20/h5-9,12,15,19H,2-4,10-11,13H2,1H3. The molecular formula is C18H23N3O5S. The number of furan rings is 1. The molecule has 2 heterocycles. The van der Waals surface area contributed by atoms with Crippen LogP contribution in [0.5, 0.6) is 0 Å². The zero-order valence-corrected chi connectivity index (χ0v) is 15.9. The Bertz CT molecular complexity index is 890. The molecule has 1 atom stereocenters. The van der Waals surface area contributed by atoms with Gasteiger partial charge in [0.05, 0.1) is 17.2 Å². The van der Waals surface area contributed by atoms with Crippen LogP contribution in [0.1, 0.15) is 31.1 Å². The molecule has 1 aliphatic rings. The van der Waals surface area contributed by atoms with Crippen LogP contribution in [0, 0.1) is 10.1 Å². The van der Waals surface area contributed by atoms with E-state index in [-0.39, 0.29) is 16.6 Å². The number of nitrogens with zero attached hydrogens (tertiary/aromatic N) is 2. The van der Waals surface area contributed by atoms with Crippen LogP contribution in [0.2, 0.25) is 0 Å². The van der Waals surface area contributed by atoms with Crippen molar-refractivity contribution >= 4 is 21.2 Å². The third kappa shape index (κ3) is 4.48. The highest BCUT2D eigenvalue weighted by Crippen LogP contribution is 2.33. The molecule has 2 aromatic rings. The maximum Gasteiger partial charge on any atom is 0.310 e. The Morgan fingerprint density at radius 3 is 2.56 bits per heavy atom. The van der Waals surface area contributed by atoms with Gasteiger partial charge >= 0.3 is 5.69 Å². The van der Waals surface area contributed by atoms with Crippen LogP contribution in [-0.4, -0.2) is 44.1 Å². The summed E-state index contributed by atoms with van der Waals surface area (Å²) >= 11 is 0. The summed E-state index contributed by atoms with van der Waals surface area (Å²) in [6.07, 6.45) is 5.97. The highest BCUT2D eigenvalue weighted by Gasteiger charge is 2.28. The smallest absolute Gasteiger partial charge is 0.310 e. The van der Waals surface area contributed by atoms with Gasteiger partial charge < -0.3 is 9.73 Å². The molecule has 3 rings (SSSR count). The lowest BCUT2D eigenvalue weighted by Crippen LogP contribution is -2.37. The minimum absolute atomic E-state index is 0.0817. The maximum atomic E-state index is 11.9. The molecule has 9 heteroatoms. The number of anilines is 1. The number of hydrogen-bond donors (Lipinski definition) is 1. The lowest BCUT2D eigenvalue weighted by molar-refractivity contribution is -0.386. The second kappa shape index (κ2) is 8.10. The zero-order chi connectivity index (χ0) is 19.4. The number of rotatable bonds is 7. The molecule has 0 spiro atoms. The van der Waals surface area contributed by atoms with E-state index in [2.05, 4.69) is 10.2 Å². The molecule has 8 nitrogen and oxygen atoms in total. The average molecular weight is 393 g/mol. The molecule has 1 aromatic heterocycles. The number of piperidine rings is 1. The van der Waals surface area contributed by atoms with E-state index in [1.54, 1.807) is 6.26 Å². The molecule has 0 radical (unpaired) electrons. The molecule has 0 aliphatic carbocycles. The fraction of sp³-hybridized carbons (Fsp3) is 0.444. The minimum atomic E-state index is -3.71. The summed E-state index contributed by atoms with van der Waals surface area (Å²) in [5, 5.41) is 14.6. The van der Waals surface area contributed by atoms with E-state index in [4.69, 9.17) is 4.42 Å². The fourth-order valence-corrected chi connectivity index (χ4v) is 4.34. The molecule has 27 heavy (non-hydrogen) atoms. The molecule has 1 saturated heterocycles. The molecule has 146 valence electrons. The van der Waals surface area contributed by atoms with Crippen LogP contribution in [0.15, 0.2) is 45.9 Å². The Balaban J connectivity index is 1.88. The van der Waals surface area contributed by atoms with Gasteiger partial charge in [0.15, 0.2) is 9.84 Å². The molecule has 0 bridgehead atoms. The van der Waals surface area contributed by atoms with E-state index >= 15 is 0 Å². The molecule has 1 fully saturated rings. The number of benzene rings is 1. The van der Waals surface area contributed by atoms with Crippen molar-refractivity contribution in [3.05, 3.63) is 52.5 Å². The predicted molar refractivity (Wildman–Crippen MR) is 102 cm³/mol. The SMILES string of the molecule is CS(=O)(=O)c1cccc(NCC(c2ccco2)N2CCCCC2)c1[N+](=O)[O-]. The van der Waals surface area contributed by atoms with Gasteiger partial charge in [0.1, 0.15) is 16.3 Å². The first kappa shape index (κ1) is 19.4. The zero-order valence-electron chi connectivity index (χ0n) is 15.1. The van der Waals surface area contributed by atoms with Crippen molar-refractivity contribution < 1.29 is 17.8 Å². The van der Waals surface area contributed by atoms with E-state index in [0.29, 0.717) is 6.54 Å². The van der Waals surface area contributed by atoms with E-state index in [1.807, 2.05) is 12.1 Å². The normalized spacial score (nSPS) is 16.8. The first-order valence-corrected chi connectivity index (χ1v) is 10.8. The molecule has 0 saturated carbocycles. The van der Waals surface area contributed by atoms with Gasteiger partial charge in [-0.2, -0.15) is 0 Å². The summed E-state index contributed by atoms with van der Waals surface area (Å²) in [7, 11) is -3.71. The van der Waals surface area contributed by atoms with Crippen LogP contribution in [0.25, 0.3) is 0 Å². The summed E-state index contributed by atoms with van der Waals surface area (Å²) in [6.45, 7) is 2.23. The number of nitro groups is 1. The highest BCUT2D eigenvalue weighted by molar-refractivity contribution is 7.90. The summed E-state index contributed by atoms with van der Waals surface area (Å²) in [6, 6.07) is 7.92. The van der Waals surface area contributed by atoms with Crippen LogP contribution in [-0.2, 0) is 9.84 Å². The molecule has 0 amide bonds. The molecule has 1 unspecified atom stereocenters. The number of nitro benzene ring substituents is 1. The van der Waals surface area contributed by atoms with Crippen LogP contribution >= 0.6 is 0 Å². The maximum absolute atomic E-state index is 11.9. The summed E-state index contributed by atoms with van der Waals surface area (Å²) in [4.78, 5) is 12.9. The Kier molecular flexibility index (Phi) is 5.81. The fourth-order valence-electron chi connectivity index (χ4n) is 3.48. The Hall–Kier alpha value is -2.39. The van der Waals surface area contributed by atoms with Crippen molar-refractivity contribution in [1.82, 2.24) is 4.90 Å². The van der Waals surface area contributed by atoms with Crippen LogP contribution in [0.4, 0.5) is 11.4 Å². The van der Waals surface area contributed by atoms with Gasteiger partial charge in [-0.05, 0) is 50.2 Å². The van der Waals surface area contributed by atoms with Gasteiger partial charge in [-0.15, -0.1) is 0 Å².